The molecular formula is C25H31N3O2S. The Morgan fingerprint density at radius 2 is 1.65 bits per heavy atom. The van der Waals surface area contributed by atoms with Crippen molar-refractivity contribution < 1.29 is 9.59 Å². The molecule has 2 saturated heterocycles. The van der Waals surface area contributed by atoms with Gasteiger partial charge < -0.3 is 9.80 Å². The lowest BCUT2D eigenvalue weighted by Gasteiger charge is -2.36. The molecule has 1 aromatic carbocycles. The lowest BCUT2D eigenvalue weighted by Crippen LogP contribution is -2.49. The van der Waals surface area contributed by atoms with Gasteiger partial charge in [0.2, 0.25) is 11.8 Å². The number of likely N-dealkylation sites (tertiary alicyclic amines) is 1. The molecule has 2 aliphatic heterocycles. The van der Waals surface area contributed by atoms with Crippen molar-refractivity contribution >= 4 is 23.2 Å². The molecular weight excluding hydrogens is 406 g/mol. The van der Waals surface area contributed by atoms with Gasteiger partial charge in [0.15, 0.2) is 0 Å². The van der Waals surface area contributed by atoms with Crippen molar-refractivity contribution in [2.45, 2.75) is 32.2 Å². The zero-order chi connectivity index (χ0) is 21.3. The van der Waals surface area contributed by atoms with Gasteiger partial charge in [0.25, 0.3) is 0 Å². The molecule has 0 N–H and O–H groups in total. The third-order valence-corrected chi connectivity index (χ3v) is 8.20. The number of carbonyl (C=O) groups is 2. The first-order valence-corrected chi connectivity index (χ1v) is 12.4. The highest BCUT2D eigenvalue weighted by atomic mass is 32.1. The second kappa shape index (κ2) is 8.75. The molecule has 5 rings (SSSR count). The number of hydrogen-bond donors (Lipinski definition) is 0. The van der Waals surface area contributed by atoms with Crippen molar-refractivity contribution in [2.24, 2.45) is 11.3 Å². The Morgan fingerprint density at radius 1 is 0.903 bits per heavy atom. The molecule has 0 bridgehead atoms. The van der Waals surface area contributed by atoms with Crippen LogP contribution >= 0.6 is 11.3 Å². The summed E-state index contributed by atoms with van der Waals surface area (Å²) in [7, 11) is 0. The lowest BCUT2D eigenvalue weighted by atomic mass is 9.90. The molecule has 1 atom stereocenters. The van der Waals surface area contributed by atoms with E-state index >= 15 is 0 Å². The van der Waals surface area contributed by atoms with Crippen LogP contribution in [0.4, 0.5) is 0 Å². The molecule has 3 aliphatic rings. The third-order valence-electron chi connectivity index (χ3n) is 7.47. The molecule has 31 heavy (non-hydrogen) atoms. The van der Waals surface area contributed by atoms with E-state index in [-0.39, 0.29) is 17.2 Å². The zero-order valence-corrected chi connectivity index (χ0v) is 18.9. The summed E-state index contributed by atoms with van der Waals surface area (Å²) >= 11 is 1.64. The van der Waals surface area contributed by atoms with Crippen LogP contribution in [0.1, 0.15) is 30.4 Å². The van der Waals surface area contributed by atoms with Crippen LogP contribution in [0.3, 0.4) is 0 Å². The van der Waals surface area contributed by atoms with Gasteiger partial charge in [0.1, 0.15) is 0 Å². The number of hydrogen-bond acceptors (Lipinski definition) is 4. The minimum atomic E-state index is 0.164. The Kier molecular flexibility index (Phi) is 5.85. The first-order chi connectivity index (χ1) is 15.1. The summed E-state index contributed by atoms with van der Waals surface area (Å²) in [6.45, 7) is 6.14. The van der Waals surface area contributed by atoms with Crippen LogP contribution in [0.5, 0.6) is 0 Å². The SMILES string of the molecule is O=C(Cc1ccsc1)N1CCC2(CC1)CC2C(=O)N1CCN(Cc2ccccc2)CC1. The Labute approximate surface area is 188 Å². The fourth-order valence-electron chi connectivity index (χ4n) is 5.32. The Bertz CT molecular complexity index is 898. The smallest absolute Gasteiger partial charge is 0.227 e. The predicted octanol–water partition coefficient (Wildman–Crippen LogP) is 3.26. The number of thiophene rings is 1. The topological polar surface area (TPSA) is 43.9 Å². The van der Waals surface area contributed by atoms with Gasteiger partial charge in [-0.05, 0) is 52.6 Å². The Balaban J connectivity index is 1.07. The highest BCUT2D eigenvalue weighted by Crippen LogP contribution is 2.60. The first-order valence-electron chi connectivity index (χ1n) is 11.5. The molecule has 1 aromatic heterocycles. The average molecular weight is 438 g/mol. The fourth-order valence-corrected chi connectivity index (χ4v) is 5.99. The standard InChI is InChI=1S/C25H31N3O2S/c29-23(16-21-6-15-31-19-21)27-9-7-25(8-10-27)17-22(25)24(30)28-13-11-26(12-14-28)18-20-4-2-1-3-5-20/h1-6,15,19,22H,7-14,16-18H2. The molecule has 3 heterocycles. The van der Waals surface area contributed by atoms with Crippen LogP contribution in [0.15, 0.2) is 47.2 Å². The molecule has 1 aliphatic carbocycles. The van der Waals surface area contributed by atoms with E-state index in [1.165, 1.54) is 5.56 Å². The number of nitrogens with zero attached hydrogens (tertiary/aromatic N) is 3. The highest BCUT2D eigenvalue weighted by molar-refractivity contribution is 7.08. The monoisotopic (exact) mass is 437 g/mol. The zero-order valence-electron chi connectivity index (χ0n) is 18.0. The Hall–Kier alpha value is -2.18. The summed E-state index contributed by atoms with van der Waals surface area (Å²) in [5, 5.41) is 4.08. The normalized spacial score (nSPS) is 23.2. The molecule has 3 fully saturated rings. The summed E-state index contributed by atoms with van der Waals surface area (Å²) in [5.74, 6) is 0.769. The largest absolute Gasteiger partial charge is 0.342 e. The summed E-state index contributed by atoms with van der Waals surface area (Å²) in [6, 6.07) is 12.6. The Morgan fingerprint density at radius 3 is 2.32 bits per heavy atom. The quantitative estimate of drug-likeness (QED) is 0.721. The van der Waals surface area contributed by atoms with E-state index in [9.17, 15) is 9.59 Å². The van der Waals surface area contributed by atoms with Crippen molar-refractivity contribution in [1.82, 2.24) is 14.7 Å². The highest BCUT2D eigenvalue weighted by Gasteiger charge is 2.59. The van der Waals surface area contributed by atoms with E-state index in [1.54, 1.807) is 11.3 Å². The van der Waals surface area contributed by atoms with Crippen LogP contribution in [-0.4, -0.2) is 65.8 Å². The van der Waals surface area contributed by atoms with Gasteiger partial charge in [-0.15, -0.1) is 0 Å². The van der Waals surface area contributed by atoms with Crippen molar-refractivity contribution in [3.8, 4) is 0 Å². The van der Waals surface area contributed by atoms with Gasteiger partial charge in [-0.1, -0.05) is 30.3 Å². The molecule has 2 amide bonds. The second-order valence-corrected chi connectivity index (χ2v) is 10.2. The number of carbonyl (C=O) groups excluding carboxylic acids is 2. The van der Waals surface area contributed by atoms with Gasteiger partial charge in [0.05, 0.1) is 6.42 Å². The fraction of sp³-hybridized carbons (Fsp3) is 0.520. The van der Waals surface area contributed by atoms with Crippen LogP contribution in [-0.2, 0) is 22.6 Å². The van der Waals surface area contributed by atoms with Gasteiger partial charge in [-0.3, -0.25) is 14.5 Å². The molecule has 1 unspecified atom stereocenters. The first kappa shape index (κ1) is 20.7. The average Bonchev–Trinajstić information content (AvgIpc) is 3.23. The summed E-state index contributed by atoms with van der Waals surface area (Å²) in [4.78, 5) is 32.3. The molecule has 6 heteroatoms. The van der Waals surface area contributed by atoms with E-state index in [2.05, 4.69) is 45.5 Å². The van der Waals surface area contributed by atoms with E-state index < -0.39 is 0 Å². The molecule has 5 nitrogen and oxygen atoms in total. The number of piperidine rings is 1. The minimum Gasteiger partial charge on any atom is -0.342 e. The minimum absolute atomic E-state index is 0.164. The molecule has 2 aromatic rings. The summed E-state index contributed by atoms with van der Waals surface area (Å²) < 4.78 is 0. The van der Waals surface area contributed by atoms with Crippen molar-refractivity contribution in [2.75, 3.05) is 39.3 Å². The number of benzene rings is 1. The molecule has 164 valence electrons. The third kappa shape index (κ3) is 4.55. The second-order valence-electron chi connectivity index (χ2n) is 9.40. The van der Waals surface area contributed by atoms with Gasteiger partial charge in [-0.25, -0.2) is 0 Å². The van der Waals surface area contributed by atoms with Crippen molar-refractivity contribution in [1.29, 1.82) is 0 Å². The maximum atomic E-state index is 13.2. The van der Waals surface area contributed by atoms with E-state index in [1.807, 2.05) is 16.3 Å². The van der Waals surface area contributed by atoms with Crippen LogP contribution < -0.4 is 0 Å². The van der Waals surface area contributed by atoms with Crippen molar-refractivity contribution in [3.05, 3.63) is 58.3 Å². The maximum Gasteiger partial charge on any atom is 0.227 e. The van der Waals surface area contributed by atoms with E-state index in [4.69, 9.17) is 0 Å². The number of amides is 2. The number of piperazine rings is 1. The molecule has 1 saturated carbocycles. The van der Waals surface area contributed by atoms with Crippen LogP contribution in [0.2, 0.25) is 0 Å². The van der Waals surface area contributed by atoms with E-state index in [0.717, 1.165) is 70.6 Å². The summed E-state index contributed by atoms with van der Waals surface area (Å²) in [6.07, 6.45) is 3.48. The van der Waals surface area contributed by atoms with E-state index in [0.29, 0.717) is 12.3 Å². The summed E-state index contributed by atoms with van der Waals surface area (Å²) in [5.41, 5.74) is 2.61. The van der Waals surface area contributed by atoms with Crippen LogP contribution in [0, 0.1) is 11.3 Å². The van der Waals surface area contributed by atoms with Crippen molar-refractivity contribution in [3.63, 3.8) is 0 Å². The van der Waals surface area contributed by atoms with Gasteiger partial charge in [-0.2, -0.15) is 11.3 Å². The lowest BCUT2D eigenvalue weighted by molar-refractivity contribution is -0.136. The molecule has 1 spiro atoms. The maximum absolute atomic E-state index is 13.2. The van der Waals surface area contributed by atoms with Gasteiger partial charge in [0, 0.05) is 51.7 Å². The van der Waals surface area contributed by atoms with Gasteiger partial charge >= 0.3 is 0 Å². The number of rotatable bonds is 5. The molecule has 0 radical (unpaired) electrons. The van der Waals surface area contributed by atoms with Crippen LogP contribution in [0.25, 0.3) is 0 Å². The predicted molar refractivity (Wildman–Crippen MR) is 123 cm³/mol.